The molecule has 2 atom stereocenters. The molecule has 0 spiro atoms. The van der Waals surface area contributed by atoms with Gasteiger partial charge in [-0.1, -0.05) is 20.3 Å². The SMILES string of the molecule is CCC.COCCC(C)N(C)CC(C)OCC(F)(F)F. The summed E-state index contributed by atoms with van der Waals surface area (Å²) in [5.74, 6) is 0. The zero-order valence-electron chi connectivity index (χ0n) is 13.6. The molecule has 0 rings (SSSR count). The molecule has 0 bridgehead atoms. The number of likely N-dealkylation sites (N-methyl/N-ethyl adjacent to an activating group) is 1. The van der Waals surface area contributed by atoms with E-state index in [0.29, 0.717) is 13.2 Å². The Bertz CT molecular complexity index is 213. The Morgan fingerprint density at radius 2 is 1.65 bits per heavy atom. The van der Waals surface area contributed by atoms with E-state index < -0.39 is 18.9 Å². The van der Waals surface area contributed by atoms with Gasteiger partial charge in [0.2, 0.25) is 0 Å². The lowest BCUT2D eigenvalue weighted by Crippen LogP contribution is -2.37. The Balaban J connectivity index is 0. The van der Waals surface area contributed by atoms with Crippen LogP contribution in [0.1, 0.15) is 40.5 Å². The number of nitrogens with zero attached hydrogens (tertiary/aromatic N) is 1. The predicted molar refractivity (Wildman–Crippen MR) is 76.0 cm³/mol. The number of methoxy groups -OCH3 is 1. The fourth-order valence-corrected chi connectivity index (χ4v) is 1.38. The van der Waals surface area contributed by atoms with Crippen LogP contribution in [-0.4, -0.2) is 57.1 Å². The number of rotatable bonds is 8. The van der Waals surface area contributed by atoms with Crippen molar-refractivity contribution >= 4 is 0 Å². The number of alkyl halides is 3. The first-order valence-electron chi connectivity index (χ1n) is 7.05. The molecule has 0 amide bonds. The number of hydrogen-bond acceptors (Lipinski definition) is 3. The monoisotopic (exact) mass is 301 g/mol. The molecule has 3 nitrogen and oxygen atoms in total. The van der Waals surface area contributed by atoms with Gasteiger partial charge in [-0.15, -0.1) is 0 Å². The average Bonchev–Trinajstić information content (AvgIpc) is 2.33. The van der Waals surface area contributed by atoms with E-state index in [-0.39, 0.29) is 6.04 Å². The fraction of sp³-hybridized carbons (Fsp3) is 1.00. The first kappa shape index (κ1) is 22.0. The van der Waals surface area contributed by atoms with Gasteiger partial charge < -0.3 is 14.4 Å². The van der Waals surface area contributed by atoms with Gasteiger partial charge in [0.25, 0.3) is 0 Å². The highest BCUT2D eigenvalue weighted by Gasteiger charge is 2.28. The molecule has 6 heteroatoms. The third kappa shape index (κ3) is 15.7. The summed E-state index contributed by atoms with van der Waals surface area (Å²) >= 11 is 0. The minimum atomic E-state index is -4.26. The van der Waals surface area contributed by atoms with E-state index in [1.54, 1.807) is 14.0 Å². The summed E-state index contributed by atoms with van der Waals surface area (Å²) in [7, 11) is 3.50. The maximum atomic E-state index is 11.9. The highest BCUT2D eigenvalue weighted by molar-refractivity contribution is 4.66. The van der Waals surface area contributed by atoms with Crippen LogP contribution in [0.2, 0.25) is 0 Å². The molecule has 2 unspecified atom stereocenters. The van der Waals surface area contributed by atoms with E-state index in [2.05, 4.69) is 13.8 Å². The highest BCUT2D eigenvalue weighted by Crippen LogP contribution is 2.15. The van der Waals surface area contributed by atoms with E-state index in [1.807, 2.05) is 18.9 Å². The minimum Gasteiger partial charge on any atom is -0.385 e. The Labute approximate surface area is 121 Å². The van der Waals surface area contributed by atoms with Crippen molar-refractivity contribution in [2.45, 2.75) is 58.9 Å². The van der Waals surface area contributed by atoms with Crippen LogP contribution in [0.3, 0.4) is 0 Å². The van der Waals surface area contributed by atoms with Crippen molar-refractivity contribution in [1.29, 1.82) is 0 Å². The third-order valence-corrected chi connectivity index (χ3v) is 2.57. The predicted octanol–water partition coefficient (Wildman–Crippen LogP) is 3.73. The van der Waals surface area contributed by atoms with Crippen molar-refractivity contribution in [3.05, 3.63) is 0 Å². The summed E-state index contributed by atoms with van der Waals surface area (Å²) in [6.07, 6.45) is -2.60. The van der Waals surface area contributed by atoms with Gasteiger partial charge in [-0.3, -0.25) is 0 Å². The van der Waals surface area contributed by atoms with Crippen LogP contribution in [0, 0.1) is 0 Å². The van der Waals surface area contributed by atoms with Crippen LogP contribution < -0.4 is 0 Å². The first-order valence-corrected chi connectivity index (χ1v) is 7.05. The van der Waals surface area contributed by atoms with E-state index in [0.717, 1.165) is 6.42 Å². The normalized spacial score (nSPS) is 14.7. The molecule has 0 aliphatic carbocycles. The molecular weight excluding hydrogens is 271 g/mol. The Hall–Kier alpha value is -0.330. The lowest BCUT2D eigenvalue weighted by Gasteiger charge is -2.27. The summed E-state index contributed by atoms with van der Waals surface area (Å²) in [4.78, 5) is 1.97. The third-order valence-electron chi connectivity index (χ3n) is 2.57. The lowest BCUT2D eigenvalue weighted by atomic mass is 10.2. The van der Waals surface area contributed by atoms with E-state index >= 15 is 0 Å². The van der Waals surface area contributed by atoms with Crippen LogP contribution >= 0.6 is 0 Å². The molecule has 0 saturated heterocycles. The highest BCUT2D eigenvalue weighted by atomic mass is 19.4. The quantitative estimate of drug-likeness (QED) is 0.682. The second-order valence-corrected chi connectivity index (χ2v) is 5.01. The van der Waals surface area contributed by atoms with Gasteiger partial charge in [0.05, 0.1) is 6.10 Å². The number of halogens is 3. The molecule has 20 heavy (non-hydrogen) atoms. The number of ether oxygens (including phenoxy) is 2. The van der Waals surface area contributed by atoms with E-state index in [9.17, 15) is 13.2 Å². The van der Waals surface area contributed by atoms with Gasteiger partial charge in [0.15, 0.2) is 0 Å². The molecule has 0 aromatic heterocycles. The maximum Gasteiger partial charge on any atom is 0.411 e. The molecule has 0 aromatic rings. The van der Waals surface area contributed by atoms with Crippen molar-refractivity contribution in [3.63, 3.8) is 0 Å². The number of hydrogen-bond donors (Lipinski definition) is 0. The van der Waals surface area contributed by atoms with Gasteiger partial charge in [0, 0.05) is 26.3 Å². The molecule has 124 valence electrons. The molecule has 0 radical (unpaired) electrons. The van der Waals surface area contributed by atoms with Gasteiger partial charge in [-0.05, 0) is 27.3 Å². The van der Waals surface area contributed by atoms with Crippen LogP contribution in [-0.2, 0) is 9.47 Å². The van der Waals surface area contributed by atoms with Crippen LogP contribution in [0.5, 0.6) is 0 Å². The van der Waals surface area contributed by atoms with Crippen molar-refractivity contribution in [2.75, 3.05) is 33.9 Å². The van der Waals surface area contributed by atoms with Gasteiger partial charge in [-0.2, -0.15) is 13.2 Å². The average molecular weight is 301 g/mol. The molecule has 0 N–H and O–H groups in total. The van der Waals surface area contributed by atoms with Gasteiger partial charge in [-0.25, -0.2) is 0 Å². The van der Waals surface area contributed by atoms with Crippen LogP contribution in [0.25, 0.3) is 0 Å². The largest absolute Gasteiger partial charge is 0.411 e. The zero-order valence-corrected chi connectivity index (χ0v) is 13.6. The second-order valence-electron chi connectivity index (χ2n) is 5.01. The van der Waals surface area contributed by atoms with Gasteiger partial charge in [0.1, 0.15) is 6.61 Å². The molecule has 0 saturated carbocycles. The molecule has 0 heterocycles. The summed E-state index contributed by atoms with van der Waals surface area (Å²) in [6, 6.07) is 0.256. The smallest absolute Gasteiger partial charge is 0.385 e. The summed E-state index contributed by atoms with van der Waals surface area (Å²) < 4.78 is 45.5. The lowest BCUT2D eigenvalue weighted by molar-refractivity contribution is -0.185. The van der Waals surface area contributed by atoms with Crippen molar-refractivity contribution in [2.24, 2.45) is 0 Å². The Morgan fingerprint density at radius 3 is 2.05 bits per heavy atom. The Kier molecular flexibility index (Phi) is 13.6. The van der Waals surface area contributed by atoms with Crippen molar-refractivity contribution < 1.29 is 22.6 Å². The molecule has 0 fully saturated rings. The summed E-state index contributed by atoms with van der Waals surface area (Å²) in [5.41, 5.74) is 0. The first-order chi connectivity index (χ1) is 9.17. The molecule has 0 aliphatic rings. The van der Waals surface area contributed by atoms with E-state index in [4.69, 9.17) is 9.47 Å². The minimum absolute atomic E-state index is 0.256. The maximum absolute atomic E-state index is 11.9. The van der Waals surface area contributed by atoms with Gasteiger partial charge >= 0.3 is 6.18 Å². The van der Waals surface area contributed by atoms with Crippen molar-refractivity contribution in [3.8, 4) is 0 Å². The van der Waals surface area contributed by atoms with Crippen LogP contribution in [0.15, 0.2) is 0 Å². The second kappa shape index (κ2) is 12.4. The van der Waals surface area contributed by atoms with E-state index in [1.165, 1.54) is 6.42 Å². The molecule has 0 aromatic carbocycles. The zero-order chi connectivity index (χ0) is 16.2. The Morgan fingerprint density at radius 1 is 1.15 bits per heavy atom. The standard InChI is InChI=1S/C11H22F3NO2.C3H8/c1-9(5-6-16-4)15(3)7-10(2)17-8-11(12,13)14;1-3-2/h9-10H,5-8H2,1-4H3;3H2,1-2H3. The van der Waals surface area contributed by atoms with Crippen molar-refractivity contribution in [1.82, 2.24) is 4.90 Å². The summed E-state index contributed by atoms with van der Waals surface area (Å²) in [5, 5.41) is 0. The van der Waals surface area contributed by atoms with Crippen LogP contribution in [0.4, 0.5) is 13.2 Å². The molecular formula is C14H30F3NO2. The fourth-order valence-electron chi connectivity index (χ4n) is 1.38. The topological polar surface area (TPSA) is 21.7 Å². The summed E-state index contributed by atoms with van der Waals surface area (Å²) in [6.45, 7) is 7.83. The molecule has 0 aliphatic heterocycles.